The third kappa shape index (κ3) is 7.61. The summed E-state index contributed by atoms with van der Waals surface area (Å²) < 4.78 is 4.90. The number of hydrogen-bond donors (Lipinski definition) is 0. The van der Waals surface area contributed by atoms with Crippen molar-refractivity contribution in [1.29, 1.82) is 0 Å². The van der Waals surface area contributed by atoms with E-state index >= 15 is 0 Å². The van der Waals surface area contributed by atoms with Crippen molar-refractivity contribution in [2.75, 3.05) is 0 Å². The van der Waals surface area contributed by atoms with Crippen molar-refractivity contribution >= 4 is 43.6 Å². The first-order valence-corrected chi connectivity index (χ1v) is 25.6. The molecule has 0 N–H and O–H groups in total. The van der Waals surface area contributed by atoms with Crippen molar-refractivity contribution in [2.24, 2.45) is 0 Å². The van der Waals surface area contributed by atoms with Crippen molar-refractivity contribution in [2.45, 2.75) is 41.5 Å². The van der Waals surface area contributed by atoms with Gasteiger partial charge in [0.05, 0.1) is 39.1 Å². The minimum absolute atomic E-state index is 0.669. The summed E-state index contributed by atoms with van der Waals surface area (Å²) in [6.45, 7) is 13.3. The normalized spacial score (nSPS) is 11.6. The zero-order valence-electron chi connectivity index (χ0n) is 42.6. The number of hydrogen-bond acceptors (Lipinski definition) is 2. The first-order chi connectivity index (χ1) is 36.1. The first kappa shape index (κ1) is 44.8. The van der Waals surface area contributed by atoms with Gasteiger partial charge in [0.2, 0.25) is 0 Å². The second kappa shape index (κ2) is 17.9. The predicted molar refractivity (Wildman–Crippen MR) is 312 cm³/mol. The van der Waals surface area contributed by atoms with Gasteiger partial charge in [-0.2, -0.15) is 0 Å². The zero-order chi connectivity index (χ0) is 50.2. The Morgan fingerprint density at radius 3 is 1.28 bits per heavy atom. The van der Waals surface area contributed by atoms with Crippen molar-refractivity contribution in [3.8, 4) is 78.7 Å². The summed E-state index contributed by atoms with van der Waals surface area (Å²) in [6.07, 6.45) is 0. The van der Waals surface area contributed by atoms with Crippen LogP contribution in [0.3, 0.4) is 0 Å². The predicted octanol–water partition coefficient (Wildman–Crippen LogP) is 18.5. The van der Waals surface area contributed by atoms with Crippen LogP contribution in [-0.2, 0) is 0 Å². The first-order valence-electron chi connectivity index (χ1n) is 25.6. The van der Waals surface area contributed by atoms with Gasteiger partial charge in [-0.3, -0.25) is 0 Å². The van der Waals surface area contributed by atoms with E-state index in [2.05, 4.69) is 257 Å². The Morgan fingerprint density at radius 1 is 0.297 bits per heavy atom. The third-order valence-corrected chi connectivity index (χ3v) is 15.1. The molecular weight excluding hydrogens is 897 g/mol. The van der Waals surface area contributed by atoms with E-state index in [0.29, 0.717) is 5.82 Å². The summed E-state index contributed by atoms with van der Waals surface area (Å²) in [5.41, 5.74) is 26.5. The fraction of sp³-hybridized carbons (Fsp3) is 0.0857. The smallest absolute Gasteiger partial charge is 0.160 e. The lowest BCUT2D eigenvalue weighted by Crippen LogP contribution is -2.01. The molecule has 4 heteroatoms. The number of nitrogens with zero attached hydrogens (tertiary/aromatic N) is 4. The Morgan fingerprint density at radius 2 is 0.743 bits per heavy atom. The second-order valence-electron chi connectivity index (χ2n) is 20.2. The molecule has 0 aliphatic heterocycles. The van der Waals surface area contributed by atoms with Crippen LogP contribution >= 0.6 is 0 Å². The highest BCUT2D eigenvalue weighted by Gasteiger charge is 2.22. The zero-order valence-corrected chi connectivity index (χ0v) is 42.6. The van der Waals surface area contributed by atoms with Crippen LogP contribution in [0.4, 0.5) is 0 Å². The Labute approximate surface area is 432 Å². The Bertz CT molecular complexity index is 4260. The topological polar surface area (TPSA) is 35.6 Å². The van der Waals surface area contributed by atoms with Gasteiger partial charge in [-0.05, 0) is 164 Å². The summed E-state index contributed by atoms with van der Waals surface area (Å²) in [5, 5.41) is 4.89. The van der Waals surface area contributed by atoms with Gasteiger partial charge in [0, 0.05) is 49.5 Å². The lowest BCUT2D eigenvalue weighted by molar-refractivity contribution is 1.16. The van der Waals surface area contributed by atoms with Crippen molar-refractivity contribution in [3.05, 3.63) is 252 Å². The molecule has 13 aromatic rings. The van der Waals surface area contributed by atoms with Gasteiger partial charge in [-0.1, -0.05) is 157 Å². The SMILES string of the molecule is Cc1cc(C)c(-c2ccc3c(c2)c2ccccc2n3-c2cccc(-c3cc(-c4nc(-c5ccccc5)cc(-c5ccccc5)n4)ccc3-n3c4ccccc4c4cc(-c5c(C)cc(C)cc5C)ccc43)c2)c(C)c1. The summed E-state index contributed by atoms with van der Waals surface area (Å²) in [4.78, 5) is 10.7. The van der Waals surface area contributed by atoms with Crippen LogP contribution in [0, 0.1) is 41.5 Å². The van der Waals surface area contributed by atoms with E-state index in [4.69, 9.17) is 9.97 Å². The van der Waals surface area contributed by atoms with Gasteiger partial charge < -0.3 is 9.13 Å². The maximum Gasteiger partial charge on any atom is 0.160 e. The highest BCUT2D eigenvalue weighted by Crippen LogP contribution is 2.43. The largest absolute Gasteiger partial charge is 0.309 e. The van der Waals surface area contributed by atoms with Crippen molar-refractivity contribution in [1.82, 2.24) is 19.1 Å². The van der Waals surface area contributed by atoms with Crippen molar-refractivity contribution in [3.63, 3.8) is 0 Å². The molecule has 74 heavy (non-hydrogen) atoms. The average Bonchev–Trinajstić information content (AvgIpc) is 3.93. The van der Waals surface area contributed by atoms with Gasteiger partial charge >= 0.3 is 0 Å². The molecule has 0 aliphatic rings. The van der Waals surface area contributed by atoms with Crippen LogP contribution in [0.25, 0.3) is 122 Å². The molecule has 0 spiro atoms. The minimum Gasteiger partial charge on any atom is -0.309 e. The third-order valence-electron chi connectivity index (χ3n) is 15.1. The number of para-hydroxylation sites is 2. The molecule has 0 saturated carbocycles. The molecule has 10 aromatic carbocycles. The molecule has 0 amide bonds. The van der Waals surface area contributed by atoms with E-state index in [1.165, 1.54) is 88.2 Å². The molecule has 0 fully saturated rings. The van der Waals surface area contributed by atoms with Crippen LogP contribution in [-0.4, -0.2) is 19.1 Å². The van der Waals surface area contributed by atoms with Gasteiger partial charge in [0.1, 0.15) is 0 Å². The summed E-state index contributed by atoms with van der Waals surface area (Å²) in [5.74, 6) is 0.669. The van der Waals surface area contributed by atoms with Crippen LogP contribution in [0.1, 0.15) is 33.4 Å². The fourth-order valence-electron chi connectivity index (χ4n) is 12.1. The maximum atomic E-state index is 5.33. The van der Waals surface area contributed by atoms with Gasteiger partial charge in [-0.15, -0.1) is 0 Å². The molecule has 354 valence electrons. The highest BCUT2D eigenvalue weighted by atomic mass is 15.0. The quantitative estimate of drug-likeness (QED) is 0.152. The number of benzene rings is 10. The lowest BCUT2D eigenvalue weighted by atomic mass is 9.93. The van der Waals surface area contributed by atoms with Crippen LogP contribution in [0.15, 0.2) is 218 Å². The van der Waals surface area contributed by atoms with E-state index in [9.17, 15) is 0 Å². The molecule has 0 bridgehead atoms. The molecule has 3 heterocycles. The van der Waals surface area contributed by atoms with E-state index < -0.39 is 0 Å². The van der Waals surface area contributed by atoms with E-state index in [0.717, 1.165) is 61.6 Å². The summed E-state index contributed by atoms with van der Waals surface area (Å²) in [7, 11) is 0. The van der Waals surface area contributed by atoms with E-state index in [1.807, 2.05) is 12.1 Å². The highest BCUT2D eigenvalue weighted by molar-refractivity contribution is 6.12. The molecule has 0 unspecified atom stereocenters. The molecule has 13 rings (SSSR count). The molecule has 0 radical (unpaired) electrons. The Balaban J connectivity index is 1.05. The fourth-order valence-corrected chi connectivity index (χ4v) is 12.1. The average molecular weight is 951 g/mol. The molecule has 0 aliphatic carbocycles. The summed E-state index contributed by atoms with van der Waals surface area (Å²) in [6, 6.07) is 79.7. The Kier molecular flexibility index (Phi) is 10.8. The molecule has 0 atom stereocenters. The van der Waals surface area contributed by atoms with Gasteiger partial charge in [0.15, 0.2) is 5.82 Å². The molecule has 0 saturated heterocycles. The standard InChI is InChI=1S/C70H54N4/c1-43-34-45(3)68(46(4)35-43)52-28-31-66-59(39-52)56-24-13-15-26-63(56)73(66)55-23-17-22-51(38-55)58-41-54(70-71-61(49-18-9-7-10-19-49)42-62(72-70)50-20-11-8-12-21-50)30-33-65(58)74-64-27-16-14-25-57(64)60-40-53(29-32-67(60)74)69-47(5)36-44(2)37-48(69)6/h7-42H,1-6H3. The summed E-state index contributed by atoms with van der Waals surface area (Å²) >= 11 is 0. The number of rotatable bonds is 8. The molecule has 4 nitrogen and oxygen atoms in total. The number of aromatic nitrogens is 4. The van der Waals surface area contributed by atoms with E-state index in [1.54, 1.807) is 0 Å². The van der Waals surface area contributed by atoms with Crippen LogP contribution < -0.4 is 0 Å². The van der Waals surface area contributed by atoms with Crippen LogP contribution in [0.2, 0.25) is 0 Å². The lowest BCUT2D eigenvalue weighted by Gasteiger charge is -2.18. The molecular formula is C70H54N4. The maximum absolute atomic E-state index is 5.33. The molecule has 3 aromatic heterocycles. The monoisotopic (exact) mass is 950 g/mol. The van der Waals surface area contributed by atoms with Gasteiger partial charge in [0.25, 0.3) is 0 Å². The van der Waals surface area contributed by atoms with Crippen molar-refractivity contribution < 1.29 is 0 Å². The Hall–Kier alpha value is -9.12. The number of aryl methyl sites for hydroxylation is 6. The van der Waals surface area contributed by atoms with Crippen LogP contribution in [0.5, 0.6) is 0 Å². The number of fused-ring (bicyclic) bond motifs is 6. The minimum atomic E-state index is 0.669. The van der Waals surface area contributed by atoms with Gasteiger partial charge in [-0.25, -0.2) is 9.97 Å². The second-order valence-corrected chi connectivity index (χ2v) is 20.2. The van der Waals surface area contributed by atoms with E-state index in [-0.39, 0.29) is 0 Å².